The Morgan fingerprint density at radius 2 is 1.84 bits per heavy atom. The predicted molar refractivity (Wildman–Crippen MR) is 119 cm³/mol. The molecule has 0 radical (unpaired) electrons. The summed E-state index contributed by atoms with van der Waals surface area (Å²) >= 11 is 1.40. The van der Waals surface area contributed by atoms with Gasteiger partial charge in [0.05, 0.1) is 17.2 Å². The lowest BCUT2D eigenvalue weighted by Crippen LogP contribution is -2.29. The summed E-state index contributed by atoms with van der Waals surface area (Å²) in [4.78, 5) is 31.4. The minimum absolute atomic E-state index is 0.0431. The highest BCUT2D eigenvalue weighted by Gasteiger charge is 2.47. The minimum atomic E-state index is -0.762. The molecular formula is C24H15N3O3S. The van der Waals surface area contributed by atoms with Gasteiger partial charge >= 0.3 is 0 Å². The van der Waals surface area contributed by atoms with Crippen molar-refractivity contribution in [3.8, 4) is 6.07 Å². The highest BCUT2D eigenvalue weighted by molar-refractivity contribution is 7.10. The number of Topliss-reactive ketones (excluding diaryl/α,β-unsaturated/α-hetero) is 1. The number of hydrogen-bond donors (Lipinski definition) is 2. The second kappa shape index (κ2) is 7.27. The number of thiophene rings is 1. The molecule has 4 aromatic rings. The number of benzene rings is 2. The number of nitriles is 1. The van der Waals surface area contributed by atoms with Gasteiger partial charge in [-0.25, -0.2) is 0 Å². The number of fused-ring (bicyclic) bond motifs is 1. The van der Waals surface area contributed by atoms with Crippen molar-refractivity contribution in [1.29, 1.82) is 5.26 Å². The van der Waals surface area contributed by atoms with Crippen LogP contribution in [0.25, 0.3) is 16.7 Å². The second-order valence-electron chi connectivity index (χ2n) is 7.09. The molecule has 1 saturated heterocycles. The molecular weight excluding hydrogens is 410 g/mol. The van der Waals surface area contributed by atoms with Crippen LogP contribution in [0.5, 0.6) is 0 Å². The quantitative estimate of drug-likeness (QED) is 0.282. The molecule has 31 heavy (non-hydrogen) atoms. The van der Waals surface area contributed by atoms with Gasteiger partial charge in [-0.1, -0.05) is 24.3 Å². The Hall–Kier alpha value is -4.15. The van der Waals surface area contributed by atoms with E-state index in [1.54, 1.807) is 30.5 Å². The molecule has 0 bridgehead atoms. The van der Waals surface area contributed by atoms with E-state index in [0.29, 0.717) is 16.8 Å². The third-order valence-corrected chi connectivity index (χ3v) is 6.30. The third-order valence-electron chi connectivity index (χ3n) is 5.38. The molecule has 5 rings (SSSR count). The Balaban J connectivity index is 1.72. The van der Waals surface area contributed by atoms with Crippen molar-refractivity contribution in [3.63, 3.8) is 0 Å². The van der Waals surface area contributed by atoms with E-state index in [1.807, 2.05) is 47.8 Å². The molecule has 3 heterocycles. The summed E-state index contributed by atoms with van der Waals surface area (Å²) in [5.74, 6) is -1.68. The molecule has 1 aliphatic rings. The fourth-order valence-electron chi connectivity index (χ4n) is 3.92. The lowest BCUT2D eigenvalue weighted by atomic mass is 9.99. The molecule has 7 heteroatoms. The van der Waals surface area contributed by atoms with Crippen LogP contribution in [0.1, 0.15) is 22.0 Å². The van der Waals surface area contributed by atoms with Crippen LogP contribution < -0.4 is 4.90 Å². The SMILES string of the molecule is N#Cc1ccc(N2C(=O)C(=O)/C(=C(\O)c3c[nH]c4ccccc34)C2c2cccs2)cc1. The molecule has 2 aromatic carbocycles. The summed E-state index contributed by atoms with van der Waals surface area (Å²) in [6, 6.07) is 18.9. The number of para-hydroxylation sites is 1. The van der Waals surface area contributed by atoms with Crippen molar-refractivity contribution in [3.05, 3.63) is 93.8 Å². The van der Waals surface area contributed by atoms with E-state index in [-0.39, 0.29) is 11.3 Å². The Labute approximate surface area is 181 Å². The lowest BCUT2D eigenvalue weighted by molar-refractivity contribution is -0.132. The van der Waals surface area contributed by atoms with Crippen molar-refractivity contribution in [1.82, 2.24) is 4.98 Å². The number of amides is 1. The zero-order chi connectivity index (χ0) is 21.5. The number of anilines is 1. The minimum Gasteiger partial charge on any atom is -0.507 e. The van der Waals surface area contributed by atoms with Gasteiger partial charge in [-0.3, -0.25) is 14.5 Å². The van der Waals surface area contributed by atoms with E-state index >= 15 is 0 Å². The van der Waals surface area contributed by atoms with E-state index in [9.17, 15) is 14.7 Å². The van der Waals surface area contributed by atoms with Crippen LogP contribution in [0, 0.1) is 11.3 Å². The number of aliphatic hydroxyl groups is 1. The Morgan fingerprint density at radius 1 is 1.06 bits per heavy atom. The number of nitrogens with zero attached hydrogens (tertiary/aromatic N) is 2. The number of ketones is 1. The topological polar surface area (TPSA) is 97.2 Å². The maximum absolute atomic E-state index is 13.1. The van der Waals surface area contributed by atoms with Crippen molar-refractivity contribution in [2.45, 2.75) is 6.04 Å². The average Bonchev–Trinajstić information content (AvgIpc) is 3.53. The van der Waals surface area contributed by atoms with E-state index < -0.39 is 17.7 Å². The van der Waals surface area contributed by atoms with E-state index in [2.05, 4.69) is 4.98 Å². The van der Waals surface area contributed by atoms with Gasteiger partial charge in [-0.2, -0.15) is 5.26 Å². The van der Waals surface area contributed by atoms with Crippen LogP contribution >= 0.6 is 11.3 Å². The van der Waals surface area contributed by atoms with E-state index in [0.717, 1.165) is 15.8 Å². The number of H-pyrrole nitrogens is 1. The number of carbonyl (C=O) groups excluding carboxylic acids is 2. The first-order chi connectivity index (χ1) is 15.1. The molecule has 0 spiro atoms. The van der Waals surface area contributed by atoms with Crippen LogP contribution in [0.4, 0.5) is 5.69 Å². The first kappa shape index (κ1) is 18.9. The molecule has 6 nitrogen and oxygen atoms in total. The molecule has 1 aliphatic heterocycles. The zero-order valence-corrected chi connectivity index (χ0v) is 16.9. The highest BCUT2D eigenvalue weighted by atomic mass is 32.1. The Bertz CT molecular complexity index is 1390. The number of aromatic amines is 1. The summed E-state index contributed by atoms with van der Waals surface area (Å²) in [6.07, 6.45) is 1.64. The van der Waals surface area contributed by atoms with Crippen molar-refractivity contribution in [2.75, 3.05) is 4.90 Å². The summed E-state index contributed by atoms with van der Waals surface area (Å²) < 4.78 is 0. The molecule has 0 saturated carbocycles. The number of hydrogen-bond acceptors (Lipinski definition) is 5. The van der Waals surface area contributed by atoms with Gasteiger partial charge in [0.2, 0.25) is 0 Å². The van der Waals surface area contributed by atoms with Gasteiger partial charge in [0.25, 0.3) is 11.7 Å². The van der Waals surface area contributed by atoms with Gasteiger partial charge < -0.3 is 10.1 Å². The normalized spacial score (nSPS) is 17.9. The number of aliphatic hydroxyl groups excluding tert-OH is 1. The number of rotatable bonds is 3. The fourth-order valence-corrected chi connectivity index (χ4v) is 4.75. The van der Waals surface area contributed by atoms with Crippen LogP contribution in [0.2, 0.25) is 0 Å². The van der Waals surface area contributed by atoms with Gasteiger partial charge in [-0.15, -0.1) is 11.3 Å². The first-order valence-corrected chi connectivity index (χ1v) is 10.4. The molecule has 1 atom stereocenters. The Morgan fingerprint density at radius 3 is 2.55 bits per heavy atom. The summed E-state index contributed by atoms with van der Waals surface area (Å²) in [6.45, 7) is 0. The smallest absolute Gasteiger partial charge is 0.300 e. The van der Waals surface area contributed by atoms with Gasteiger partial charge in [-0.05, 0) is 41.8 Å². The fraction of sp³-hybridized carbons (Fsp3) is 0.0417. The maximum Gasteiger partial charge on any atom is 0.300 e. The Kier molecular flexibility index (Phi) is 4.42. The van der Waals surface area contributed by atoms with Gasteiger partial charge in [0, 0.05) is 33.2 Å². The lowest BCUT2D eigenvalue weighted by Gasteiger charge is -2.24. The van der Waals surface area contributed by atoms with Crippen molar-refractivity contribution >= 4 is 45.4 Å². The van der Waals surface area contributed by atoms with E-state index in [1.165, 1.54) is 16.2 Å². The molecule has 1 fully saturated rings. The van der Waals surface area contributed by atoms with Crippen LogP contribution in [-0.4, -0.2) is 21.8 Å². The summed E-state index contributed by atoms with van der Waals surface area (Å²) in [5, 5.41) is 22.9. The molecule has 1 unspecified atom stereocenters. The van der Waals surface area contributed by atoms with Crippen LogP contribution in [0.15, 0.2) is 77.8 Å². The molecule has 0 aliphatic carbocycles. The van der Waals surface area contributed by atoms with Gasteiger partial charge in [0.1, 0.15) is 11.8 Å². The summed E-state index contributed by atoms with van der Waals surface area (Å²) in [5.41, 5.74) is 2.26. The van der Waals surface area contributed by atoms with Crippen molar-refractivity contribution < 1.29 is 14.7 Å². The summed E-state index contributed by atoms with van der Waals surface area (Å²) in [7, 11) is 0. The standard InChI is InChI=1S/C24H15N3O3S/c25-12-14-7-9-15(10-8-14)27-21(19-6-3-11-31-19)20(23(29)24(27)30)22(28)17-13-26-18-5-2-1-4-16(17)18/h1-11,13,21,26,28H/b22-20-. The first-order valence-electron chi connectivity index (χ1n) is 9.51. The van der Waals surface area contributed by atoms with Gasteiger partial charge in [0.15, 0.2) is 0 Å². The van der Waals surface area contributed by atoms with Crippen LogP contribution in [-0.2, 0) is 9.59 Å². The highest BCUT2D eigenvalue weighted by Crippen LogP contribution is 2.44. The average molecular weight is 425 g/mol. The molecule has 1 amide bonds. The zero-order valence-electron chi connectivity index (χ0n) is 16.1. The van der Waals surface area contributed by atoms with Crippen LogP contribution in [0.3, 0.4) is 0 Å². The second-order valence-corrected chi connectivity index (χ2v) is 8.07. The maximum atomic E-state index is 13.1. The number of aromatic nitrogens is 1. The number of carbonyl (C=O) groups is 2. The third kappa shape index (κ3) is 2.93. The van der Waals surface area contributed by atoms with Crippen molar-refractivity contribution in [2.24, 2.45) is 0 Å². The monoisotopic (exact) mass is 425 g/mol. The largest absolute Gasteiger partial charge is 0.507 e. The molecule has 2 N–H and O–H groups in total. The predicted octanol–water partition coefficient (Wildman–Crippen LogP) is 4.73. The number of nitrogens with one attached hydrogen (secondary N) is 1. The molecule has 150 valence electrons. The molecule has 2 aromatic heterocycles. The van der Waals surface area contributed by atoms with E-state index in [4.69, 9.17) is 5.26 Å².